The predicted molar refractivity (Wildman–Crippen MR) is 78.2 cm³/mol. The lowest BCUT2D eigenvalue weighted by atomic mass is 9.96. The van der Waals surface area contributed by atoms with E-state index in [0.717, 1.165) is 58.3 Å². The molecule has 2 aliphatic rings. The molecule has 2 heterocycles. The third-order valence-electron chi connectivity index (χ3n) is 4.29. The molecule has 2 rings (SSSR count). The zero-order chi connectivity index (χ0) is 14.4. The summed E-state index contributed by atoms with van der Waals surface area (Å²) >= 11 is 0. The number of piperidine rings is 2. The van der Waals surface area contributed by atoms with E-state index in [9.17, 15) is 9.59 Å². The molecule has 0 aromatic heterocycles. The largest absolute Gasteiger partial charge is 0.353 e. The summed E-state index contributed by atoms with van der Waals surface area (Å²) in [5, 5.41) is 6.37. The van der Waals surface area contributed by atoms with Crippen molar-refractivity contribution >= 4 is 11.8 Å². The van der Waals surface area contributed by atoms with Crippen LogP contribution in [0.15, 0.2) is 0 Å². The Morgan fingerprint density at radius 1 is 1.25 bits per heavy atom. The molecule has 0 aromatic carbocycles. The second-order valence-corrected chi connectivity index (χ2v) is 5.96. The van der Waals surface area contributed by atoms with E-state index in [2.05, 4.69) is 10.6 Å². The minimum Gasteiger partial charge on any atom is -0.353 e. The lowest BCUT2D eigenvalue weighted by Gasteiger charge is -2.35. The van der Waals surface area contributed by atoms with Crippen molar-refractivity contribution in [3.63, 3.8) is 0 Å². The van der Waals surface area contributed by atoms with Gasteiger partial charge in [0.2, 0.25) is 11.8 Å². The standard InChI is InChI=1S/C15H27N3O2/c1-2-4-14(19)17-13-6-9-18(10-7-13)15(20)12-5-3-8-16-11-12/h12-13,16H,2-11H2,1H3,(H,17,19). The first-order chi connectivity index (χ1) is 9.70. The molecular formula is C15H27N3O2. The topological polar surface area (TPSA) is 61.4 Å². The number of rotatable bonds is 4. The Kier molecular flexibility index (Phi) is 5.83. The third-order valence-corrected chi connectivity index (χ3v) is 4.29. The Hall–Kier alpha value is -1.10. The van der Waals surface area contributed by atoms with Gasteiger partial charge in [0.15, 0.2) is 0 Å². The number of carbonyl (C=O) groups is 2. The van der Waals surface area contributed by atoms with Crippen LogP contribution in [0.5, 0.6) is 0 Å². The fourth-order valence-electron chi connectivity index (χ4n) is 3.09. The third kappa shape index (κ3) is 4.20. The van der Waals surface area contributed by atoms with Crippen molar-refractivity contribution in [3.8, 4) is 0 Å². The highest BCUT2D eigenvalue weighted by Gasteiger charge is 2.29. The van der Waals surface area contributed by atoms with Crippen molar-refractivity contribution in [1.29, 1.82) is 0 Å². The van der Waals surface area contributed by atoms with E-state index >= 15 is 0 Å². The van der Waals surface area contributed by atoms with Gasteiger partial charge in [0.25, 0.3) is 0 Å². The Labute approximate surface area is 121 Å². The molecular weight excluding hydrogens is 254 g/mol. The Morgan fingerprint density at radius 3 is 2.60 bits per heavy atom. The van der Waals surface area contributed by atoms with E-state index in [1.165, 1.54) is 0 Å². The van der Waals surface area contributed by atoms with Crippen LogP contribution in [0.3, 0.4) is 0 Å². The average Bonchev–Trinajstić information content (AvgIpc) is 2.48. The van der Waals surface area contributed by atoms with Crippen LogP contribution in [-0.4, -0.2) is 48.9 Å². The first kappa shape index (κ1) is 15.3. The SMILES string of the molecule is CCCC(=O)NC1CCN(C(=O)C2CCCNC2)CC1. The summed E-state index contributed by atoms with van der Waals surface area (Å²) in [5.41, 5.74) is 0. The molecule has 0 aliphatic carbocycles. The molecule has 2 aliphatic heterocycles. The van der Waals surface area contributed by atoms with Crippen LogP contribution in [0.4, 0.5) is 0 Å². The maximum absolute atomic E-state index is 12.4. The van der Waals surface area contributed by atoms with Gasteiger partial charge in [-0.05, 0) is 38.6 Å². The summed E-state index contributed by atoms with van der Waals surface area (Å²) in [5.74, 6) is 0.610. The molecule has 1 atom stereocenters. The van der Waals surface area contributed by atoms with Crippen molar-refractivity contribution in [2.75, 3.05) is 26.2 Å². The molecule has 20 heavy (non-hydrogen) atoms. The molecule has 114 valence electrons. The second-order valence-electron chi connectivity index (χ2n) is 5.96. The molecule has 2 fully saturated rings. The predicted octanol–water partition coefficient (Wildman–Crippen LogP) is 0.893. The number of hydrogen-bond acceptors (Lipinski definition) is 3. The molecule has 0 saturated carbocycles. The van der Waals surface area contributed by atoms with Gasteiger partial charge in [0, 0.05) is 32.1 Å². The van der Waals surface area contributed by atoms with Gasteiger partial charge in [-0.2, -0.15) is 0 Å². The van der Waals surface area contributed by atoms with E-state index in [1.54, 1.807) is 0 Å². The molecule has 0 aromatic rings. The van der Waals surface area contributed by atoms with E-state index in [0.29, 0.717) is 12.3 Å². The summed E-state index contributed by atoms with van der Waals surface area (Å²) in [6.07, 6.45) is 5.38. The summed E-state index contributed by atoms with van der Waals surface area (Å²) in [4.78, 5) is 25.9. The second kappa shape index (κ2) is 7.62. The normalized spacial score (nSPS) is 24.4. The van der Waals surface area contributed by atoms with Crippen LogP contribution in [-0.2, 0) is 9.59 Å². The smallest absolute Gasteiger partial charge is 0.226 e. The lowest BCUT2D eigenvalue weighted by molar-refractivity contribution is -0.137. The molecule has 0 radical (unpaired) electrons. The molecule has 0 spiro atoms. The molecule has 2 amide bonds. The Morgan fingerprint density at radius 2 is 2.00 bits per heavy atom. The number of nitrogens with one attached hydrogen (secondary N) is 2. The zero-order valence-corrected chi connectivity index (χ0v) is 12.5. The monoisotopic (exact) mass is 281 g/mol. The van der Waals surface area contributed by atoms with Gasteiger partial charge in [-0.1, -0.05) is 6.92 Å². The van der Waals surface area contributed by atoms with Crippen molar-refractivity contribution in [2.24, 2.45) is 5.92 Å². The summed E-state index contributed by atoms with van der Waals surface area (Å²) < 4.78 is 0. The van der Waals surface area contributed by atoms with Gasteiger partial charge < -0.3 is 15.5 Å². The Balaban J connectivity index is 1.73. The first-order valence-corrected chi connectivity index (χ1v) is 7.99. The maximum atomic E-state index is 12.4. The molecule has 0 bridgehead atoms. The van der Waals surface area contributed by atoms with Gasteiger partial charge in [-0.25, -0.2) is 0 Å². The van der Waals surface area contributed by atoms with Crippen LogP contribution in [0.1, 0.15) is 45.4 Å². The van der Waals surface area contributed by atoms with Crippen LogP contribution in [0, 0.1) is 5.92 Å². The fourth-order valence-corrected chi connectivity index (χ4v) is 3.09. The zero-order valence-electron chi connectivity index (χ0n) is 12.5. The summed E-state index contributed by atoms with van der Waals surface area (Å²) in [7, 11) is 0. The van der Waals surface area contributed by atoms with Gasteiger partial charge in [-0.3, -0.25) is 9.59 Å². The summed E-state index contributed by atoms with van der Waals surface area (Å²) in [6, 6.07) is 0.252. The molecule has 1 unspecified atom stereocenters. The quantitative estimate of drug-likeness (QED) is 0.804. The fraction of sp³-hybridized carbons (Fsp3) is 0.867. The summed E-state index contributed by atoms with van der Waals surface area (Å²) in [6.45, 7) is 5.44. The minimum atomic E-state index is 0.147. The minimum absolute atomic E-state index is 0.147. The highest BCUT2D eigenvalue weighted by molar-refractivity contribution is 5.79. The number of likely N-dealkylation sites (tertiary alicyclic amines) is 1. The van der Waals surface area contributed by atoms with Crippen molar-refractivity contribution in [1.82, 2.24) is 15.5 Å². The molecule has 2 N–H and O–H groups in total. The van der Waals surface area contributed by atoms with E-state index < -0.39 is 0 Å². The molecule has 5 nitrogen and oxygen atoms in total. The number of carbonyl (C=O) groups excluding carboxylic acids is 2. The number of hydrogen-bond donors (Lipinski definition) is 2. The first-order valence-electron chi connectivity index (χ1n) is 7.99. The van der Waals surface area contributed by atoms with Crippen LogP contribution in [0.25, 0.3) is 0 Å². The van der Waals surface area contributed by atoms with E-state index in [1.807, 2.05) is 11.8 Å². The highest BCUT2D eigenvalue weighted by Crippen LogP contribution is 2.18. The van der Waals surface area contributed by atoms with Gasteiger partial charge in [0.1, 0.15) is 0 Å². The maximum Gasteiger partial charge on any atom is 0.226 e. The van der Waals surface area contributed by atoms with Gasteiger partial charge in [0.05, 0.1) is 5.92 Å². The van der Waals surface area contributed by atoms with Crippen molar-refractivity contribution < 1.29 is 9.59 Å². The molecule has 5 heteroatoms. The van der Waals surface area contributed by atoms with Crippen LogP contribution in [0.2, 0.25) is 0 Å². The van der Waals surface area contributed by atoms with Crippen LogP contribution < -0.4 is 10.6 Å². The lowest BCUT2D eigenvalue weighted by Crippen LogP contribution is -2.50. The molecule has 2 saturated heterocycles. The van der Waals surface area contributed by atoms with Gasteiger partial charge >= 0.3 is 0 Å². The van der Waals surface area contributed by atoms with Gasteiger partial charge in [-0.15, -0.1) is 0 Å². The number of amides is 2. The Bertz CT molecular complexity index is 332. The van der Waals surface area contributed by atoms with Crippen molar-refractivity contribution in [3.05, 3.63) is 0 Å². The van der Waals surface area contributed by atoms with Crippen LogP contribution >= 0.6 is 0 Å². The number of nitrogens with zero attached hydrogens (tertiary/aromatic N) is 1. The van der Waals surface area contributed by atoms with Crippen molar-refractivity contribution in [2.45, 2.75) is 51.5 Å². The average molecular weight is 281 g/mol. The van der Waals surface area contributed by atoms with E-state index in [4.69, 9.17) is 0 Å². The van der Waals surface area contributed by atoms with E-state index in [-0.39, 0.29) is 17.9 Å². The highest BCUT2D eigenvalue weighted by atomic mass is 16.2.